The number of ether oxygens (including phenoxy) is 5. The fourth-order valence-electron chi connectivity index (χ4n) is 6.53. The molecule has 0 aromatic rings. The van der Waals surface area contributed by atoms with Crippen LogP contribution in [-0.4, -0.2) is 115 Å². The van der Waals surface area contributed by atoms with Gasteiger partial charge in [0.2, 0.25) is 0 Å². The fraction of sp³-hybridized carbons (Fsp3) is 0.639. The molecule has 0 aromatic heterocycles. The van der Waals surface area contributed by atoms with E-state index in [4.69, 9.17) is 23.7 Å². The largest absolute Gasteiger partial charge is 0.547 e. The highest BCUT2D eigenvalue weighted by atomic mass is 16.7. The SMILES string of the molecule is COC1C(C(=O)[O-])OC(OC2C(O)C(COC(=O)/C=C(C)/C=C/C=C(C)/C=C/C3=C(C)CCCC3(C)C)OC(C)C2NCC=O)C(O)C1O. The molecular weight excluding hydrogens is 638 g/mol. The molecule has 1 aliphatic carbocycles. The highest BCUT2D eigenvalue weighted by Crippen LogP contribution is 2.40. The van der Waals surface area contributed by atoms with E-state index >= 15 is 0 Å². The molecule has 2 aliphatic heterocycles. The Morgan fingerprint density at radius 3 is 2.41 bits per heavy atom. The van der Waals surface area contributed by atoms with Crippen molar-refractivity contribution in [3.8, 4) is 0 Å². The lowest BCUT2D eigenvalue weighted by Crippen LogP contribution is -2.68. The molecule has 10 unspecified atom stereocenters. The molecule has 3 rings (SSSR count). The number of rotatable bonds is 14. The highest BCUT2D eigenvalue weighted by Gasteiger charge is 2.51. The Balaban J connectivity index is 1.65. The Morgan fingerprint density at radius 1 is 1.06 bits per heavy atom. The first-order valence-electron chi connectivity index (χ1n) is 16.6. The lowest BCUT2D eigenvalue weighted by Gasteiger charge is -2.48. The van der Waals surface area contributed by atoms with Gasteiger partial charge in [-0.2, -0.15) is 0 Å². The fourth-order valence-corrected chi connectivity index (χ4v) is 6.53. The maximum atomic E-state index is 12.7. The average Bonchev–Trinajstić information content (AvgIpc) is 3.02. The number of aliphatic hydroxyl groups excluding tert-OH is 3. The number of hydrogen-bond acceptors (Lipinski definition) is 13. The van der Waals surface area contributed by atoms with Crippen LogP contribution in [0.25, 0.3) is 0 Å². The van der Waals surface area contributed by atoms with E-state index < -0.39 is 73.1 Å². The lowest BCUT2D eigenvalue weighted by atomic mass is 9.72. The van der Waals surface area contributed by atoms with Gasteiger partial charge in [0.05, 0.1) is 24.7 Å². The Hall–Kier alpha value is -3.01. The molecule has 2 fully saturated rings. The summed E-state index contributed by atoms with van der Waals surface area (Å²) in [5.41, 5.74) is 4.64. The van der Waals surface area contributed by atoms with Gasteiger partial charge in [-0.25, -0.2) is 4.79 Å². The van der Waals surface area contributed by atoms with Crippen molar-refractivity contribution in [3.05, 3.63) is 58.7 Å². The number of aldehydes is 1. The van der Waals surface area contributed by atoms with Gasteiger partial charge in [-0.1, -0.05) is 55.4 Å². The van der Waals surface area contributed by atoms with Crippen molar-refractivity contribution in [3.63, 3.8) is 0 Å². The first kappa shape index (κ1) is 40.4. The smallest absolute Gasteiger partial charge is 0.331 e. The van der Waals surface area contributed by atoms with Gasteiger partial charge in [0.15, 0.2) is 6.29 Å². The quantitative estimate of drug-likeness (QED) is 0.0873. The number of aliphatic carboxylic acids is 1. The number of esters is 1. The van der Waals surface area contributed by atoms with E-state index in [0.717, 1.165) is 19.1 Å². The molecule has 13 nitrogen and oxygen atoms in total. The molecule has 0 amide bonds. The van der Waals surface area contributed by atoms with E-state index in [1.165, 1.54) is 30.1 Å². The Kier molecular flexibility index (Phi) is 15.1. The summed E-state index contributed by atoms with van der Waals surface area (Å²) in [4.78, 5) is 35.4. The number of carboxylic acids is 1. The van der Waals surface area contributed by atoms with Crippen molar-refractivity contribution in [2.75, 3.05) is 20.3 Å². The third-order valence-corrected chi connectivity index (χ3v) is 9.25. The minimum absolute atomic E-state index is 0.146. The summed E-state index contributed by atoms with van der Waals surface area (Å²) in [5.74, 6) is -2.39. The van der Waals surface area contributed by atoms with Crippen LogP contribution in [0.15, 0.2) is 58.7 Å². The van der Waals surface area contributed by atoms with Gasteiger partial charge >= 0.3 is 5.97 Å². The lowest BCUT2D eigenvalue weighted by molar-refractivity contribution is -0.361. The van der Waals surface area contributed by atoms with E-state index in [1.54, 1.807) is 19.9 Å². The minimum atomic E-state index is -1.79. The molecule has 2 saturated heterocycles. The van der Waals surface area contributed by atoms with E-state index in [1.807, 2.05) is 19.1 Å². The average molecular weight is 691 g/mol. The predicted octanol–water partition coefficient (Wildman–Crippen LogP) is 0.963. The normalized spacial score (nSPS) is 34.4. The first-order valence-corrected chi connectivity index (χ1v) is 16.6. The van der Waals surface area contributed by atoms with Gasteiger partial charge in [-0.05, 0) is 63.5 Å². The van der Waals surface area contributed by atoms with Crippen LogP contribution in [0.4, 0.5) is 0 Å². The molecule has 10 atom stereocenters. The molecule has 0 spiro atoms. The van der Waals surface area contributed by atoms with Crippen molar-refractivity contribution < 1.29 is 58.5 Å². The van der Waals surface area contributed by atoms with Crippen molar-refractivity contribution in [1.29, 1.82) is 0 Å². The van der Waals surface area contributed by atoms with Crippen molar-refractivity contribution >= 4 is 18.2 Å². The molecule has 0 radical (unpaired) electrons. The Morgan fingerprint density at radius 2 is 1.78 bits per heavy atom. The van der Waals surface area contributed by atoms with E-state index in [2.05, 4.69) is 38.2 Å². The number of carboxylic acid groups (broad SMARTS) is 1. The number of methoxy groups -OCH3 is 1. The maximum absolute atomic E-state index is 12.7. The topological polar surface area (TPSA) is 193 Å². The number of hydrogen-bond donors (Lipinski definition) is 4. The van der Waals surface area contributed by atoms with Gasteiger partial charge in [0.25, 0.3) is 0 Å². The number of nitrogens with one attached hydrogen (secondary N) is 1. The molecule has 13 heteroatoms. The van der Waals surface area contributed by atoms with Gasteiger partial charge in [-0.15, -0.1) is 0 Å². The van der Waals surface area contributed by atoms with Crippen molar-refractivity contribution in [2.24, 2.45) is 5.41 Å². The van der Waals surface area contributed by atoms with Crippen LogP contribution in [0.1, 0.15) is 60.8 Å². The van der Waals surface area contributed by atoms with E-state index in [0.29, 0.717) is 11.9 Å². The first-order chi connectivity index (χ1) is 23.1. The minimum Gasteiger partial charge on any atom is -0.547 e. The maximum Gasteiger partial charge on any atom is 0.331 e. The summed E-state index contributed by atoms with van der Waals surface area (Å²) in [6, 6.07) is -0.852. The van der Waals surface area contributed by atoms with Crippen molar-refractivity contribution in [1.82, 2.24) is 5.32 Å². The van der Waals surface area contributed by atoms with Crippen molar-refractivity contribution in [2.45, 2.75) is 122 Å². The molecule has 49 heavy (non-hydrogen) atoms. The summed E-state index contributed by atoms with van der Waals surface area (Å²) in [6.07, 6.45) is 2.16. The van der Waals surface area contributed by atoms with E-state index in [-0.39, 0.29) is 18.6 Å². The molecule has 0 bridgehead atoms. The summed E-state index contributed by atoms with van der Waals surface area (Å²) in [5, 5.41) is 46.9. The monoisotopic (exact) mass is 690 g/mol. The molecule has 2 heterocycles. The van der Waals surface area contributed by atoms with Crippen LogP contribution in [0.5, 0.6) is 0 Å². The standard InChI is InChI=1S/C36H53NO12/c1-20(13-14-24-22(3)12-9-15-36(24,5)6)10-8-11-21(2)18-26(39)46-19-25-28(40)31(27(23(4)47-25)37-16-17-38)48-35-30(42)29(41)32(45-7)33(49-35)34(43)44/h8,10-11,13-14,17-18,23,25,27-33,35,37,40-42H,9,12,15-16,19H2,1-7H3,(H,43,44)/p-1/b11-8+,14-13+,20-10+,21-18+. The second kappa shape index (κ2) is 18.3. The summed E-state index contributed by atoms with van der Waals surface area (Å²) in [7, 11) is 1.14. The summed E-state index contributed by atoms with van der Waals surface area (Å²) >= 11 is 0. The highest BCUT2D eigenvalue weighted by molar-refractivity contribution is 5.83. The molecule has 3 aliphatic rings. The molecule has 0 saturated carbocycles. The summed E-state index contributed by atoms with van der Waals surface area (Å²) < 4.78 is 27.5. The molecule has 274 valence electrons. The van der Waals surface area contributed by atoms with Gasteiger partial charge in [-0.3, -0.25) is 0 Å². The van der Waals surface area contributed by atoms with Gasteiger partial charge < -0.3 is 59.0 Å². The molecule has 4 N–H and O–H groups in total. The Bertz CT molecular complexity index is 1320. The third kappa shape index (κ3) is 10.7. The number of allylic oxidation sites excluding steroid dienone is 9. The van der Waals surface area contributed by atoms with Crippen LogP contribution < -0.4 is 10.4 Å². The van der Waals surface area contributed by atoms with E-state index in [9.17, 15) is 34.8 Å². The summed E-state index contributed by atoms with van der Waals surface area (Å²) in [6.45, 7) is 11.6. The van der Waals surface area contributed by atoms with Crippen LogP contribution in [0, 0.1) is 5.41 Å². The predicted molar refractivity (Wildman–Crippen MR) is 177 cm³/mol. The number of carbonyl (C=O) groups excluding carboxylic acids is 3. The van der Waals surface area contributed by atoms with Gasteiger partial charge in [0, 0.05) is 13.2 Å². The second-order valence-electron chi connectivity index (χ2n) is 13.6. The Labute approximate surface area is 288 Å². The molecular formula is C36H52NO12-. The van der Waals surface area contributed by atoms with Crippen LogP contribution in [0.3, 0.4) is 0 Å². The van der Waals surface area contributed by atoms with Crippen LogP contribution >= 0.6 is 0 Å². The zero-order chi connectivity index (χ0) is 36.5. The van der Waals surface area contributed by atoms with Gasteiger partial charge in [0.1, 0.15) is 55.6 Å². The molecule has 0 aromatic carbocycles. The zero-order valence-corrected chi connectivity index (χ0v) is 29.4. The van der Waals surface area contributed by atoms with Crippen LogP contribution in [0.2, 0.25) is 0 Å². The zero-order valence-electron chi connectivity index (χ0n) is 29.4. The number of aliphatic hydroxyl groups is 3. The second-order valence-corrected chi connectivity index (χ2v) is 13.6. The number of carbonyl (C=O) groups is 3. The third-order valence-electron chi connectivity index (χ3n) is 9.25. The van der Waals surface area contributed by atoms with Crippen LogP contribution in [-0.2, 0) is 38.1 Å².